The topological polar surface area (TPSA) is 52.6 Å². The van der Waals surface area contributed by atoms with Gasteiger partial charge in [-0.25, -0.2) is 0 Å². The van der Waals surface area contributed by atoms with Crippen molar-refractivity contribution < 1.29 is 9.90 Å². The van der Waals surface area contributed by atoms with Gasteiger partial charge in [0.2, 0.25) is 0 Å². The zero-order valence-electron chi connectivity index (χ0n) is 12.2. The van der Waals surface area contributed by atoms with Crippen LogP contribution >= 0.6 is 11.9 Å². The number of rotatable bonds is 6. The van der Waals surface area contributed by atoms with E-state index in [0.717, 1.165) is 17.5 Å². The summed E-state index contributed by atoms with van der Waals surface area (Å²) >= 11 is 1.48. The second-order valence-corrected chi connectivity index (χ2v) is 5.20. The number of aromatic hydroxyl groups is 1. The lowest BCUT2D eigenvalue weighted by atomic mass is 10.0. The molecular weight excluding hydrogens is 272 g/mol. The van der Waals surface area contributed by atoms with Crippen molar-refractivity contribution in [2.24, 2.45) is 0 Å². The lowest BCUT2D eigenvalue weighted by Crippen LogP contribution is -2.02. The molecule has 0 saturated carbocycles. The predicted octanol–water partition coefficient (Wildman–Crippen LogP) is 3.13. The molecule has 0 aromatic heterocycles. The van der Waals surface area contributed by atoms with Crippen LogP contribution in [0.3, 0.4) is 0 Å². The fourth-order valence-electron chi connectivity index (χ4n) is 1.69. The van der Waals surface area contributed by atoms with Gasteiger partial charge in [0, 0.05) is 43.4 Å². The van der Waals surface area contributed by atoms with Gasteiger partial charge < -0.3 is 14.7 Å². The average molecular weight is 292 g/mol. The molecule has 20 heavy (non-hydrogen) atoms. The third-order valence-electron chi connectivity index (χ3n) is 2.49. The number of hydrogen-bond donors (Lipinski definition) is 2. The van der Waals surface area contributed by atoms with Crippen molar-refractivity contribution in [3.05, 3.63) is 41.6 Å². The molecule has 0 unspecified atom stereocenters. The summed E-state index contributed by atoms with van der Waals surface area (Å²) in [4.78, 5) is 12.7. The van der Waals surface area contributed by atoms with Gasteiger partial charge in [-0.05, 0) is 36.8 Å². The van der Waals surface area contributed by atoms with Crippen LogP contribution in [-0.4, -0.2) is 36.6 Å². The summed E-state index contributed by atoms with van der Waals surface area (Å²) in [5.41, 5.74) is 2.95. The molecular formula is C15H20N2O2S. The van der Waals surface area contributed by atoms with E-state index < -0.39 is 0 Å². The number of aldehydes is 1. The van der Waals surface area contributed by atoms with Gasteiger partial charge in [0.25, 0.3) is 0 Å². The van der Waals surface area contributed by atoms with Gasteiger partial charge in [0.05, 0.1) is 0 Å². The highest BCUT2D eigenvalue weighted by molar-refractivity contribution is 7.99. The third kappa shape index (κ3) is 4.66. The number of carbonyl (C=O) groups excluding carboxylic acids is 1. The minimum atomic E-state index is 0.180. The van der Waals surface area contributed by atoms with Crippen LogP contribution in [0.1, 0.15) is 12.5 Å². The van der Waals surface area contributed by atoms with E-state index in [2.05, 4.69) is 4.72 Å². The van der Waals surface area contributed by atoms with E-state index in [9.17, 15) is 9.90 Å². The predicted molar refractivity (Wildman–Crippen MR) is 86.7 cm³/mol. The first kappa shape index (κ1) is 16.2. The highest BCUT2D eigenvalue weighted by atomic mass is 32.2. The Balaban J connectivity index is 3.33. The zero-order chi connectivity index (χ0) is 15.1. The number of carbonyl (C=O) groups is 1. The summed E-state index contributed by atoms with van der Waals surface area (Å²) in [5.74, 6) is 0.180. The number of phenolic OH excluding ortho intramolecular Hbond substituents is 1. The molecule has 0 saturated heterocycles. The van der Waals surface area contributed by atoms with Crippen LogP contribution < -0.4 is 4.72 Å². The van der Waals surface area contributed by atoms with E-state index in [4.69, 9.17) is 0 Å². The van der Waals surface area contributed by atoms with E-state index >= 15 is 0 Å². The normalized spacial score (nSPS) is 12.2. The van der Waals surface area contributed by atoms with Crippen molar-refractivity contribution in [1.29, 1.82) is 0 Å². The molecule has 2 N–H and O–H groups in total. The molecule has 1 aromatic carbocycles. The van der Waals surface area contributed by atoms with E-state index in [-0.39, 0.29) is 5.75 Å². The minimum absolute atomic E-state index is 0.180. The summed E-state index contributed by atoms with van der Waals surface area (Å²) in [5, 5.41) is 10.1. The SMILES string of the molecule is CSNc1ccc(O)c(C(/C=C(/C)C=O)=C/N(C)C)c1. The molecule has 0 radical (unpaired) electrons. The Kier molecular flexibility index (Phi) is 6.18. The summed E-state index contributed by atoms with van der Waals surface area (Å²) in [6.07, 6.45) is 6.35. The molecule has 0 atom stereocenters. The number of nitrogens with one attached hydrogen (secondary N) is 1. The Hall–Kier alpha value is -1.88. The maximum absolute atomic E-state index is 10.8. The van der Waals surface area contributed by atoms with Gasteiger partial charge in [-0.1, -0.05) is 11.9 Å². The second kappa shape index (κ2) is 7.65. The summed E-state index contributed by atoms with van der Waals surface area (Å²) in [7, 11) is 3.79. The Morgan fingerprint density at radius 1 is 1.40 bits per heavy atom. The van der Waals surface area contributed by atoms with E-state index in [1.54, 1.807) is 25.1 Å². The molecule has 5 heteroatoms. The molecule has 0 aliphatic rings. The first-order valence-electron chi connectivity index (χ1n) is 6.12. The smallest absolute Gasteiger partial charge is 0.145 e. The summed E-state index contributed by atoms with van der Waals surface area (Å²) < 4.78 is 3.13. The van der Waals surface area contributed by atoms with E-state index in [1.807, 2.05) is 37.5 Å². The standard InChI is InChI=1S/C15H20N2O2S/c1-11(10-18)7-12(9-17(2)3)14-8-13(16-20-4)5-6-15(14)19/h5-10,16,19H,1-4H3/b11-7-,12-9+. The zero-order valence-corrected chi connectivity index (χ0v) is 13.0. The molecule has 4 nitrogen and oxygen atoms in total. The van der Waals surface area contributed by atoms with Gasteiger partial charge in [0.15, 0.2) is 0 Å². The average Bonchev–Trinajstić information content (AvgIpc) is 2.39. The molecule has 0 aliphatic carbocycles. The van der Waals surface area contributed by atoms with Crippen LogP contribution in [0.25, 0.3) is 5.57 Å². The van der Waals surface area contributed by atoms with Crippen molar-refractivity contribution in [2.75, 3.05) is 25.1 Å². The highest BCUT2D eigenvalue weighted by Crippen LogP contribution is 2.30. The molecule has 0 fully saturated rings. The van der Waals surface area contributed by atoms with Crippen LogP contribution in [0.15, 0.2) is 36.0 Å². The van der Waals surface area contributed by atoms with E-state index in [0.29, 0.717) is 11.1 Å². The Morgan fingerprint density at radius 2 is 2.10 bits per heavy atom. The van der Waals surface area contributed by atoms with Crippen molar-refractivity contribution >= 4 is 29.5 Å². The Morgan fingerprint density at radius 3 is 2.65 bits per heavy atom. The molecule has 1 aromatic rings. The van der Waals surface area contributed by atoms with Gasteiger partial charge in [-0.15, -0.1) is 0 Å². The maximum Gasteiger partial charge on any atom is 0.145 e. The molecule has 108 valence electrons. The van der Waals surface area contributed by atoms with Crippen molar-refractivity contribution in [3.63, 3.8) is 0 Å². The number of allylic oxidation sites excluding steroid dienone is 3. The third-order valence-corrected chi connectivity index (χ3v) is 2.93. The molecule has 1 rings (SSSR count). The maximum atomic E-state index is 10.8. The second-order valence-electron chi connectivity index (χ2n) is 4.59. The fraction of sp³-hybridized carbons (Fsp3) is 0.267. The van der Waals surface area contributed by atoms with Gasteiger partial charge in [0.1, 0.15) is 12.0 Å². The lowest BCUT2D eigenvalue weighted by Gasteiger charge is -2.13. The molecule has 0 aliphatic heterocycles. The van der Waals surface area contributed by atoms with Crippen LogP contribution in [0, 0.1) is 0 Å². The van der Waals surface area contributed by atoms with Crippen molar-refractivity contribution in [2.45, 2.75) is 6.92 Å². The quantitative estimate of drug-likeness (QED) is 0.277. The number of nitrogens with zero attached hydrogens (tertiary/aromatic N) is 1. The van der Waals surface area contributed by atoms with E-state index in [1.165, 1.54) is 11.9 Å². The number of benzene rings is 1. The fourth-order valence-corrected chi connectivity index (χ4v) is 2.05. The summed E-state index contributed by atoms with van der Waals surface area (Å²) in [6, 6.07) is 5.30. The first-order chi connectivity index (χ1) is 9.47. The number of anilines is 1. The molecule has 0 bridgehead atoms. The molecule has 0 spiro atoms. The first-order valence-corrected chi connectivity index (χ1v) is 7.34. The lowest BCUT2D eigenvalue weighted by molar-refractivity contribution is -0.104. The summed E-state index contributed by atoms with van der Waals surface area (Å²) in [6.45, 7) is 1.73. The van der Waals surface area contributed by atoms with Crippen LogP contribution in [0.4, 0.5) is 5.69 Å². The van der Waals surface area contributed by atoms with Crippen molar-refractivity contribution in [3.8, 4) is 5.75 Å². The molecule has 0 amide bonds. The van der Waals surface area contributed by atoms with Gasteiger partial charge in [-0.3, -0.25) is 4.79 Å². The Labute approximate surface area is 124 Å². The molecule has 0 heterocycles. The highest BCUT2D eigenvalue weighted by Gasteiger charge is 2.08. The van der Waals surface area contributed by atoms with Crippen LogP contribution in [-0.2, 0) is 4.79 Å². The number of hydrogen-bond acceptors (Lipinski definition) is 5. The largest absolute Gasteiger partial charge is 0.507 e. The monoisotopic (exact) mass is 292 g/mol. The van der Waals surface area contributed by atoms with Crippen LogP contribution in [0.5, 0.6) is 5.75 Å². The van der Waals surface area contributed by atoms with Crippen LogP contribution in [0.2, 0.25) is 0 Å². The van der Waals surface area contributed by atoms with Crippen molar-refractivity contribution in [1.82, 2.24) is 4.90 Å². The van der Waals surface area contributed by atoms with Gasteiger partial charge in [-0.2, -0.15) is 0 Å². The number of phenols is 1. The Bertz CT molecular complexity index is 537. The van der Waals surface area contributed by atoms with Gasteiger partial charge >= 0.3 is 0 Å². The minimum Gasteiger partial charge on any atom is -0.507 e.